The highest BCUT2D eigenvalue weighted by atomic mass is 16.5. The van der Waals surface area contributed by atoms with Crippen molar-refractivity contribution >= 4 is 22.9 Å². The lowest BCUT2D eigenvalue weighted by Crippen LogP contribution is -2.41. The van der Waals surface area contributed by atoms with Gasteiger partial charge in [-0.1, -0.05) is 50.1 Å². The normalized spacial score (nSPS) is 23.9. The Morgan fingerprint density at radius 1 is 0.975 bits per heavy atom. The number of fused-ring (bicyclic) bond motifs is 1. The van der Waals surface area contributed by atoms with Gasteiger partial charge in [-0.15, -0.1) is 0 Å². The number of hydrogen-bond acceptors (Lipinski definition) is 8. The van der Waals surface area contributed by atoms with Crippen LogP contribution in [-0.2, 0) is 11.3 Å². The standard InChI is InChI=1S/C31H46N8O/c1-2-27(40-20-22-8-4-3-5-9-22)23-16-18-38(19-17-23)37-29-28-30(39(21-33-28)26-10-6-7-11-26)36-31(35-29)34-25-14-12-24(32)13-15-25/h3-5,8-9,21,23-27H,2,6-7,10-20,32H2,1H3,(H2,34,35,36,37). The van der Waals surface area contributed by atoms with Crippen LogP contribution in [0.15, 0.2) is 36.7 Å². The first kappa shape index (κ1) is 27.4. The first-order valence-electron chi connectivity index (χ1n) is 15.6. The maximum Gasteiger partial charge on any atom is 0.227 e. The molecule has 216 valence electrons. The van der Waals surface area contributed by atoms with Gasteiger partial charge in [-0.25, -0.2) is 9.99 Å². The highest BCUT2D eigenvalue weighted by Crippen LogP contribution is 2.34. The molecule has 1 atom stereocenters. The van der Waals surface area contributed by atoms with Gasteiger partial charge in [0.05, 0.1) is 19.0 Å². The number of piperidine rings is 1. The number of nitrogens with two attached hydrogens (primary N) is 1. The second-order valence-corrected chi connectivity index (χ2v) is 12.1. The topological polar surface area (TPSA) is 106 Å². The maximum absolute atomic E-state index is 6.39. The lowest BCUT2D eigenvalue weighted by molar-refractivity contribution is -0.0190. The second-order valence-electron chi connectivity index (χ2n) is 12.1. The number of nitrogens with one attached hydrogen (secondary N) is 2. The Hall–Kier alpha value is -2.75. The smallest absolute Gasteiger partial charge is 0.227 e. The van der Waals surface area contributed by atoms with Crippen LogP contribution < -0.4 is 16.5 Å². The lowest BCUT2D eigenvalue weighted by Gasteiger charge is -2.36. The quantitative estimate of drug-likeness (QED) is 0.299. The van der Waals surface area contributed by atoms with Crippen molar-refractivity contribution in [2.45, 2.75) is 108 Å². The predicted molar refractivity (Wildman–Crippen MR) is 160 cm³/mol. The van der Waals surface area contributed by atoms with Crippen molar-refractivity contribution in [3.63, 3.8) is 0 Å². The van der Waals surface area contributed by atoms with Crippen molar-refractivity contribution in [1.82, 2.24) is 24.5 Å². The fraction of sp³-hybridized carbons (Fsp3) is 0.645. The Morgan fingerprint density at radius 2 is 1.73 bits per heavy atom. The molecule has 2 aliphatic carbocycles. The number of rotatable bonds is 10. The number of benzene rings is 1. The molecule has 1 aromatic carbocycles. The van der Waals surface area contributed by atoms with E-state index in [2.05, 4.69) is 57.6 Å². The Kier molecular flexibility index (Phi) is 8.80. The van der Waals surface area contributed by atoms with Gasteiger partial charge in [0, 0.05) is 31.2 Å². The summed E-state index contributed by atoms with van der Waals surface area (Å²) in [6.07, 6.45) is 14.7. The van der Waals surface area contributed by atoms with Crippen molar-refractivity contribution in [3.8, 4) is 0 Å². The van der Waals surface area contributed by atoms with Gasteiger partial charge >= 0.3 is 0 Å². The molecular formula is C31H46N8O. The van der Waals surface area contributed by atoms with Gasteiger partial charge in [0.25, 0.3) is 0 Å². The number of nitrogens with zero attached hydrogens (tertiary/aromatic N) is 5. The number of hydrazine groups is 1. The van der Waals surface area contributed by atoms with E-state index in [0.29, 0.717) is 36.6 Å². The molecule has 0 radical (unpaired) electrons. The number of aromatic nitrogens is 4. The van der Waals surface area contributed by atoms with Crippen LogP contribution in [0.5, 0.6) is 0 Å². The molecule has 6 rings (SSSR count). The molecule has 1 saturated heterocycles. The minimum Gasteiger partial charge on any atom is -0.373 e. The zero-order valence-corrected chi connectivity index (χ0v) is 24.0. The van der Waals surface area contributed by atoms with Gasteiger partial charge in [0.15, 0.2) is 17.0 Å². The SMILES string of the molecule is CCC(OCc1ccccc1)C1CCN(Nc2nc(NC3CCC(N)CC3)nc3c2ncn3C2CCCC2)CC1. The summed E-state index contributed by atoms with van der Waals surface area (Å²) in [4.78, 5) is 14.8. The Bertz CT molecular complexity index is 1210. The van der Waals surface area contributed by atoms with E-state index in [4.69, 9.17) is 25.4 Å². The molecule has 3 fully saturated rings. The molecule has 1 aliphatic heterocycles. The Balaban J connectivity index is 1.14. The molecule has 1 unspecified atom stereocenters. The lowest BCUT2D eigenvalue weighted by atomic mass is 9.90. The first-order valence-corrected chi connectivity index (χ1v) is 15.6. The van der Waals surface area contributed by atoms with Crippen molar-refractivity contribution in [3.05, 3.63) is 42.2 Å². The zero-order valence-electron chi connectivity index (χ0n) is 24.0. The monoisotopic (exact) mass is 546 g/mol. The van der Waals surface area contributed by atoms with Crippen LogP contribution in [0.3, 0.4) is 0 Å². The van der Waals surface area contributed by atoms with Gasteiger partial charge in [-0.05, 0) is 69.3 Å². The molecule has 0 spiro atoms. The van der Waals surface area contributed by atoms with E-state index < -0.39 is 0 Å². The summed E-state index contributed by atoms with van der Waals surface area (Å²) < 4.78 is 8.68. The fourth-order valence-electron chi connectivity index (χ4n) is 6.85. The van der Waals surface area contributed by atoms with Crippen LogP contribution in [0.25, 0.3) is 11.2 Å². The molecule has 9 nitrogen and oxygen atoms in total. The molecule has 3 heterocycles. The van der Waals surface area contributed by atoms with E-state index in [1.807, 2.05) is 6.33 Å². The third-order valence-electron chi connectivity index (χ3n) is 9.28. The summed E-state index contributed by atoms with van der Waals surface area (Å²) in [5.74, 6) is 2.07. The van der Waals surface area contributed by atoms with Crippen molar-refractivity contribution in [1.29, 1.82) is 0 Å². The third-order valence-corrected chi connectivity index (χ3v) is 9.28. The average Bonchev–Trinajstić information content (AvgIpc) is 3.66. The van der Waals surface area contributed by atoms with E-state index >= 15 is 0 Å². The van der Waals surface area contributed by atoms with Crippen LogP contribution in [-0.4, -0.2) is 55.8 Å². The number of imidazole rings is 1. The van der Waals surface area contributed by atoms with Crippen LogP contribution in [0.2, 0.25) is 0 Å². The summed E-state index contributed by atoms with van der Waals surface area (Å²) in [5, 5.41) is 5.95. The average molecular weight is 547 g/mol. The highest BCUT2D eigenvalue weighted by molar-refractivity contribution is 5.84. The minimum absolute atomic E-state index is 0.287. The molecule has 0 bridgehead atoms. The van der Waals surface area contributed by atoms with E-state index in [9.17, 15) is 0 Å². The second kappa shape index (κ2) is 12.8. The van der Waals surface area contributed by atoms with Crippen LogP contribution in [0, 0.1) is 5.92 Å². The summed E-state index contributed by atoms with van der Waals surface area (Å²) in [5.41, 5.74) is 12.9. The highest BCUT2D eigenvalue weighted by Gasteiger charge is 2.28. The molecule has 3 aromatic rings. The molecule has 40 heavy (non-hydrogen) atoms. The van der Waals surface area contributed by atoms with Crippen LogP contribution in [0.4, 0.5) is 11.8 Å². The van der Waals surface area contributed by atoms with E-state index in [-0.39, 0.29) is 6.10 Å². The molecular weight excluding hydrogens is 500 g/mol. The number of hydrogen-bond donors (Lipinski definition) is 3. The number of anilines is 2. The van der Waals surface area contributed by atoms with Crippen LogP contribution in [0.1, 0.15) is 89.2 Å². The molecule has 0 amide bonds. The van der Waals surface area contributed by atoms with Gasteiger partial charge in [-0.2, -0.15) is 9.97 Å². The third kappa shape index (κ3) is 6.42. The summed E-state index contributed by atoms with van der Waals surface area (Å²) >= 11 is 0. The molecule has 3 aliphatic rings. The van der Waals surface area contributed by atoms with Crippen molar-refractivity contribution in [2.24, 2.45) is 11.7 Å². The van der Waals surface area contributed by atoms with Gasteiger partial charge in [0.2, 0.25) is 5.95 Å². The zero-order chi connectivity index (χ0) is 27.3. The van der Waals surface area contributed by atoms with Crippen molar-refractivity contribution < 1.29 is 4.74 Å². The van der Waals surface area contributed by atoms with Crippen molar-refractivity contribution in [2.75, 3.05) is 23.8 Å². The van der Waals surface area contributed by atoms with Gasteiger partial charge < -0.3 is 25.8 Å². The summed E-state index contributed by atoms with van der Waals surface area (Å²) in [7, 11) is 0. The Labute approximate surface area is 238 Å². The summed E-state index contributed by atoms with van der Waals surface area (Å²) in [6, 6.07) is 11.7. The number of ether oxygens (including phenoxy) is 1. The van der Waals surface area contributed by atoms with E-state index in [0.717, 1.165) is 75.0 Å². The van der Waals surface area contributed by atoms with Gasteiger partial charge in [-0.3, -0.25) is 0 Å². The summed E-state index contributed by atoms with van der Waals surface area (Å²) in [6.45, 7) is 4.83. The van der Waals surface area contributed by atoms with E-state index in [1.165, 1.54) is 31.2 Å². The minimum atomic E-state index is 0.287. The Morgan fingerprint density at radius 3 is 2.45 bits per heavy atom. The predicted octanol–water partition coefficient (Wildman–Crippen LogP) is 5.66. The van der Waals surface area contributed by atoms with Gasteiger partial charge in [0.1, 0.15) is 0 Å². The van der Waals surface area contributed by atoms with E-state index in [1.54, 1.807) is 0 Å². The molecule has 4 N–H and O–H groups in total. The first-order chi connectivity index (χ1) is 19.7. The largest absolute Gasteiger partial charge is 0.373 e. The fourth-order valence-corrected chi connectivity index (χ4v) is 6.85. The maximum atomic E-state index is 6.39. The molecule has 9 heteroatoms. The molecule has 2 saturated carbocycles. The van der Waals surface area contributed by atoms with Crippen LogP contribution >= 0.6 is 0 Å². The molecule has 2 aromatic heterocycles.